The van der Waals surface area contributed by atoms with E-state index in [2.05, 4.69) is 9.97 Å². The Hall–Kier alpha value is -2.05. The number of nitrogens with zero attached hydrogens (tertiary/aromatic N) is 3. The zero-order valence-corrected chi connectivity index (χ0v) is 11.6. The molecule has 19 heavy (non-hydrogen) atoms. The highest BCUT2D eigenvalue weighted by Crippen LogP contribution is 2.28. The van der Waals surface area contributed by atoms with Gasteiger partial charge in [-0.15, -0.1) is 0 Å². The van der Waals surface area contributed by atoms with Gasteiger partial charge in [-0.1, -0.05) is 6.92 Å². The van der Waals surface area contributed by atoms with E-state index in [1.807, 2.05) is 20.8 Å². The number of primary amides is 1. The van der Waals surface area contributed by atoms with Crippen molar-refractivity contribution in [2.24, 2.45) is 5.73 Å². The van der Waals surface area contributed by atoms with Gasteiger partial charge in [0.05, 0.1) is 13.2 Å². The summed E-state index contributed by atoms with van der Waals surface area (Å²) in [5.74, 6) is 0.361. The van der Waals surface area contributed by atoms with Crippen LogP contribution in [0.3, 0.4) is 0 Å². The van der Waals surface area contributed by atoms with E-state index in [9.17, 15) is 4.79 Å². The maximum absolute atomic E-state index is 11.1. The predicted octanol–water partition coefficient (Wildman–Crippen LogP) is 0.548. The summed E-state index contributed by atoms with van der Waals surface area (Å²) >= 11 is 0. The first-order valence-electron chi connectivity index (χ1n) is 6.25. The van der Waals surface area contributed by atoms with Crippen molar-refractivity contribution in [3.63, 3.8) is 0 Å². The molecule has 0 radical (unpaired) electrons. The number of aromatic nitrogens is 2. The molecule has 0 aliphatic heterocycles. The van der Waals surface area contributed by atoms with Crippen LogP contribution in [0.4, 0.5) is 11.5 Å². The highest BCUT2D eigenvalue weighted by atomic mass is 16.5. The molecule has 1 aromatic heterocycles. The number of carbonyl (C=O) groups excluding carboxylic acids is 1. The Kier molecular flexibility index (Phi) is 5.35. The third-order valence-corrected chi connectivity index (χ3v) is 2.49. The number of ether oxygens (including phenoxy) is 1. The topological polar surface area (TPSA) is 107 Å². The second-order valence-electron chi connectivity index (χ2n) is 4.45. The van der Waals surface area contributed by atoms with E-state index in [0.29, 0.717) is 24.0 Å². The van der Waals surface area contributed by atoms with Crippen LogP contribution in [-0.4, -0.2) is 35.1 Å². The summed E-state index contributed by atoms with van der Waals surface area (Å²) in [6.07, 6.45) is 2.22. The molecule has 0 saturated heterocycles. The fraction of sp³-hybridized carbons (Fsp3) is 0.583. The van der Waals surface area contributed by atoms with Crippen LogP contribution in [0, 0.1) is 0 Å². The highest BCUT2D eigenvalue weighted by molar-refractivity contribution is 5.81. The van der Waals surface area contributed by atoms with E-state index >= 15 is 0 Å². The number of hydrogen-bond donors (Lipinski definition) is 2. The van der Waals surface area contributed by atoms with Crippen LogP contribution < -0.4 is 21.1 Å². The van der Waals surface area contributed by atoms with E-state index in [4.69, 9.17) is 16.2 Å². The maximum Gasteiger partial charge on any atom is 0.242 e. The van der Waals surface area contributed by atoms with Crippen molar-refractivity contribution in [1.29, 1.82) is 0 Å². The van der Waals surface area contributed by atoms with Gasteiger partial charge in [-0.3, -0.25) is 4.79 Å². The van der Waals surface area contributed by atoms with E-state index in [1.54, 1.807) is 4.90 Å². The molecule has 1 heterocycles. The average molecular weight is 267 g/mol. The van der Waals surface area contributed by atoms with Gasteiger partial charge in [0.25, 0.3) is 0 Å². The van der Waals surface area contributed by atoms with Gasteiger partial charge in [0.15, 0.2) is 5.82 Å². The molecule has 7 heteroatoms. The molecule has 1 aromatic rings. The van der Waals surface area contributed by atoms with Crippen LogP contribution >= 0.6 is 0 Å². The van der Waals surface area contributed by atoms with Gasteiger partial charge >= 0.3 is 0 Å². The molecule has 0 unspecified atom stereocenters. The second-order valence-corrected chi connectivity index (χ2v) is 4.45. The van der Waals surface area contributed by atoms with Crippen molar-refractivity contribution < 1.29 is 9.53 Å². The molecule has 0 spiro atoms. The molecule has 0 bridgehead atoms. The Morgan fingerprint density at radius 3 is 2.68 bits per heavy atom. The first-order chi connectivity index (χ1) is 8.97. The molecule has 0 atom stereocenters. The van der Waals surface area contributed by atoms with Crippen molar-refractivity contribution in [2.75, 3.05) is 23.8 Å². The van der Waals surface area contributed by atoms with Crippen molar-refractivity contribution >= 4 is 17.4 Å². The minimum Gasteiger partial charge on any atom is -0.476 e. The van der Waals surface area contributed by atoms with E-state index in [-0.39, 0.29) is 12.6 Å². The number of anilines is 2. The zero-order valence-electron chi connectivity index (χ0n) is 11.6. The first-order valence-corrected chi connectivity index (χ1v) is 6.25. The maximum atomic E-state index is 11.1. The van der Waals surface area contributed by atoms with E-state index < -0.39 is 5.91 Å². The smallest absolute Gasteiger partial charge is 0.242 e. The Bertz CT molecular complexity index is 436. The van der Waals surface area contributed by atoms with Gasteiger partial charge in [0.1, 0.15) is 12.0 Å². The van der Waals surface area contributed by atoms with Crippen LogP contribution in [0.2, 0.25) is 0 Å². The predicted molar refractivity (Wildman–Crippen MR) is 73.9 cm³/mol. The van der Waals surface area contributed by atoms with Gasteiger partial charge in [-0.05, 0) is 20.3 Å². The lowest BCUT2D eigenvalue weighted by Gasteiger charge is -2.27. The molecule has 106 valence electrons. The SMILES string of the molecule is CCCOc1ncnc(N(CC(N)=O)C(C)C)c1N. The Morgan fingerprint density at radius 1 is 1.47 bits per heavy atom. The first kappa shape index (κ1) is 15.0. The monoisotopic (exact) mass is 267 g/mol. The van der Waals surface area contributed by atoms with Crippen LogP contribution in [-0.2, 0) is 4.79 Å². The molecule has 4 N–H and O–H groups in total. The molecule has 0 aliphatic rings. The Morgan fingerprint density at radius 2 is 2.16 bits per heavy atom. The summed E-state index contributed by atoms with van der Waals surface area (Å²) in [6, 6.07) is 0.0312. The molecule has 0 fully saturated rings. The summed E-state index contributed by atoms with van der Waals surface area (Å²) in [7, 11) is 0. The van der Waals surface area contributed by atoms with E-state index in [0.717, 1.165) is 6.42 Å². The minimum atomic E-state index is -0.442. The lowest BCUT2D eigenvalue weighted by molar-refractivity contribution is -0.116. The zero-order chi connectivity index (χ0) is 14.4. The van der Waals surface area contributed by atoms with Crippen molar-refractivity contribution in [3.8, 4) is 5.88 Å². The summed E-state index contributed by atoms with van der Waals surface area (Å²) < 4.78 is 5.44. The third kappa shape index (κ3) is 3.97. The summed E-state index contributed by atoms with van der Waals surface area (Å²) in [4.78, 5) is 21.0. The standard InChI is InChI=1S/C12H21N5O2/c1-4-5-19-12-10(14)11(15-7-16-12)17(8(2)3)6-9(13)18/h7-8H,4-6,14H2,1-3H3,(H2,13,18). The molecule has 0 saturated carbocycles. The van der Waals surface area contributed by atoms with Crippen LogP contribution in [0.15, 0.2) is 6.33 Å². The number of nitrogen functional groups attached to an aromatic ring is 1. The number of nitrogens with two attached hydrogens (primary N) is 2. The van der Waals surface area contributed by atoms with Gasteiger partial charge < -0.3 is 21.1 Å². The lowest BCUT2D eigenvalue weighted by atomic mass is 10.3. The number of carbonyl (C=O) groups is 1. The largest absolute Gasteiger partial charge is 0.476 e. The van der Waals surface area contributed by atoms with Crippen LogP contribution in [0.25, 0.3) is 0 Å². The van der Waals surface area contributed by atoms with Crippen LogP contribution in [0.5, 0.6) is 5.88 Å². The number of hydrogen-bond acceptors (Lipinski definition) is 6. The fourth-order valence-electron chi connectivity index (χ4n) is 1.58. The Balaban J connectivity index is 3.05. The number of rotatable bonds is 7. The van der Waals surface area contributed by atoms with Gasteiger partial charge in [-0.2, -0.15) is 4.98 Å². The molecule has 7 nitrogen and oxygen atoms in total. The molecule has 1 amide bonds. The normalized spacial score (nSPS) is 10.5. The van der Waals surface area contributed by atoms with Crippen molar-refractivity contribution in [3.05, 3.63) is 6.33 Å². The number of amides is 1. The fourth-order valence-corrected chi connectivity index (χ4v) is 1.58. The molecular weight excluding hydrogens is 246 g/mol. The lowest BCUT2D eigenvalue weighted by Crippen LogP contribution is -2.39. The molecule has 0 aromatic carbocycles. The van der Waals surface area contributed by atoms with Crippen molar-refractivity contribution in [2.45, 2.75) is 33.2 Å². The van der Waals surface area contributed by atoms with E-state index in [1.165, 1.54) is 6.33 Å². The quantitative estimate of drug-likeness (QED) is 0.747. The van der Waals surface area contributed by atoms with Crippen LogP contribution in [0.1, 0.15) is 27.2 Å². The highest BCUT2D eigenvalue weighted by Gasteiger charge is 2.20. The summed E-state index contributed by atoms with van der Waals surface area (Å²) in [5, 5.41) is 0. The van der Waals surface area contributed by atoms with Gasteiger partial charge in [0, 0.05) is 6.04 Å². The molecule has 0 aliphatic carbocycles. The summed E-state index contributed by atoms with van der Waals surface area (Å²) in [5.41, 5.74) is 11.6. The van der Waals surface area contributed by atoms with Gasteiger partial charge in [-0.25, -0.2) is 4.98 Å². The summed E-state index contributed by atoms with van der Waals surface area (Å²) in [6.45, 7) is 6.42. The minimum absolute atomic E-state index is 0.0312. The van der Waals surface area contributed by atoms with Crippen molar-refractivity contribution in [1.82, 2.24) is 9.97 Å². The third-order valence-electron chi connectivity index (χ3n) is 2.49. The molecule has 1 rings (SSSR count). The Labute approximate surface area is 113 Å². The molecular formula is C12H21N5O2. The second kappa shape index (κ2) is 6.77. The average Bonchev–Trinajstić information content (AvgIpc) is 2.34. The van der Waals surface area contributed by atoms with Gasteiger partial charge in [0.2, 0.25) is 11.8 Å².